The van der Waals surface area contributed by atoms with Gasteiger partial charge < -0.3 is 9.64 Å². The maximum absolute atomic E-state index is 12.3. The van der Waals surface area contributed by atoms with E-state index in [1.807, 2.05) is 4.90 Å². The van der Waals surface area contributed by atoms with Gasteiger partial charge in [-0.3, -0.25) is 9.69 Å². The van der Waals surface area contributed by atoms with Gasteiger partial charge in [-0.05, 0) is 12.8 Å². The average molecular weight is 238 g/mol. The van der Waals surface area contributed by atoms with Crippen LogP contribution in [0.4, 0.5) is 4.79 Å². The highest BCUT2D eigenvalue weighted by Crippen LogP contribution is 2.29. The number of amides is 3. The van der Waals surface area contributed by atoms with Crippen LogP contribution in [0.5, 0.6) is 0 Å². The minimum absolute atomic E-state index is 0.00588. The SMILES string of the molecule is O=C1CC2COCCN2C(=O)N1C1CCCC1. The van der Waals surface area contributed by atoms with Crippen LogP contribution in [0.25, 0.3) is 0 Å². The van der Waals surface area contributed by atoms with Gasteiger partial charge in [0.2, 0.25) is 5.91 Å². The molecule has 0 spiro atoms. The molecule has 1 saturated carbocycles. The first-order valence-corrected chi connectivity index (χ1v) is 6.48. The maximum Gasteiger partial charge on any atom is 0.327 e. The van der Waals surface area contributed by atoms with E-state index >= 15 is 0 Å². The van der Waals surface area contributed by atoms with Crippen molar-refractivity contribution >= 4 is 11.9 Å². The van der Waals surface area contributed by atoms with Crippen molar-refractivity contribution < 1.29 is 14.3 Å². The quantitative estimate of drug-likeness (QED) is 0.684. The lowest BCUT2D eigenvalue weighted by molar-refractivity contribution is -0.138. The summed E-state index contributed by atoms with van der Waals surface area (Å²) in [5.41, 5.74) is 0. The molecule has 0 N–H and O–H groups in total. The molecule has 0 aromatic rings. The van der Waals surface area contributed by atoms with Crippen LogP contribution in [-0.4, -0.2) is 53.6 Å². The zero-order valence-electron chi connectivity index (χ0n) is 9.93. The molecule has 94 valence electrons. The van der Waals surface area contributed by atoms with Crippen LogP contribution < -0.4 is 0 Å². The first kappa shape index (κ1) is 11.0. The minimum Gasteiger partial charge on any atom is -0.377 e. The summed E-state index contributed by atoms with van der Waals surface area (Å²) in [4.78, 5) is 27.7. The van der Waals surface area contributed by atoms with E-state index in [0.717, 1.165) is 25.7 Å². The number of ether oxygens (including phenoxy) is 1. The number of urea groups is 1. The third kappa shape index (κ3) is 1.82. The molecular weight excluding hydrogens is 220 g/mol. The Morgan fingerprint density at radius 3 is 2.65 bits per heavy atom. The number of nitrogens with zero attached hydrogens (tertiary/aromatic N) is 2. The molecule has 17 heavy (non-hydrogen) atoms. The Morgan fingerprint density at radius 2 is 1.88 bits per heavy atom. The number of imide groups is 1. The van der Waals surface area contributed by atoms with Gasteiger partial charge in [-0.1, -0.05) is 12.8 Å². The molecule has 1 unspecified atom stereocenters. The molecule has 5 heteroatoms. The number of carbonyl (C=O) groups excluding carboxylic acids is 2. The van der Waals surface area contributed by atoms with Gasteiger partial charge in [0.25, 0.3) is 0 Å². The first-order chi connectivity index (χ1) is 8.27. The van der Waals surface area contributed by atoms with Gasteiger partial charge in [-0.2, -0.15) is 0 Å². The molecule has 0 aromatic heterocycles. The number of fused-ring (bicyclic) bond motifs is 1. The number of hydrogen-bond acceptors (Lipinski definition) is 3. The normalized spacial score (nSPS) is 30.9. The van der Waals surface area contributed by atoms with E-state index in [1.54, 1.807) is 0 Å². The number of carbonyl (C=O) groups is 2. The molecule has 5 nitrogen and oxygen atoms in total. The van der Waals surface area contributed by atoms with Crippen LogP contribution in [-0.2, 0) is 9.53 Å². The van der Waals surface area contributed by atoms with E-state index in [-0.39, 0.29) is 24.0 Å². The second-order valence-corrected chi connectivity index (χ2v) is 5.11. The van der Waals surface area contributed by atoms with Gasteiger partial charge in [-0.25, -0.2) is 4.79 Å². The zero-order chi connectivity index (χ0) is 11.8. The fourth-order valence-electron chi connectivity index (χ4n) is 3.14. The molecule has 0 bridgehead atoms. The van der Waals surface area contributed by atoms with Crippen LogP contribution in [0.1, 0.15) is 32.1 Å². The van der Waals surface area contributed by atoms with Crippen LogP contribution >= 0.6 is 0 Å². The predicted molar refractivity (Wildman–Crippen MR) is 60.4 cm³/mol. The highest BCUT2D eigenvalue weighted by molar-refractivity contribution is 5.97. The highest BCUT2D eigenvalue weighted by atomic mass is 16.5. The van der Waals surface area contributed by atoms with E-state index in [2.05, 4.69) is 0 Å². The Hall–Kier alpha value is -1.10. The van der Waals surface area contributed by atoms with Crippen molar-refractivity contribution in [1.29, 1.82) is 0 Å². The number of rotatable bonds is 1. The summed E-state index contributed by atoms with van der Waals surface area (Å²) in [7, 11) is 0. The van der Waals surface area contributed by atoms with Crippen molar-refractivity contribution in [2.75, 3.05) is 19.8 Å². The smallest absolute Gasteiger partial charge is 0.327 e. The summed E-state index contributed by atoms with van der Waals surface area (Å²) < 4.78 is 5.33. The summed E-state index contributed by atoms with van der Waals surface area (Å²) in [6.45, 7) is 1.73. The van der Waals surface area contributed by atoms with Crippen LogP contribution in [0.15, 0.2) is 0 Å². The molecule has 3 rings (SSSR count). The van der Waals surface area contributed by atoms with Crippen LogP contribution in [0.2, 0.25) is 0 Å². The van der Waals surface area contributed by atoms with E-state index in [9.17, 15) is 9.59 Å². The molecule has 2 heterocycles. The van der Waals surface area contributed by atoms with Crippen LogP contribution in [0.3, 0.4) is 0 Å². The topological polar surface area (TPSA) is 49.9 Å². The third-order valence-corrected chi connectivity index (χ3v) is 4.05. The molecule has 2 saturated heterocycles. The number of hydrogen-bond donors (Lipinski definition) is 0. The predicted octanol–water partition coefficient (Wildman–Crippen LogP) is 0.982. The van der Waals surface area contributed by atoms with Crippen molar-refractivity contribution in [2.45, 2.75) is 44.2 Å². The molecular formula is C12H18N2O3. The van der Waals surface area contributed by atoms with Crippen LogP contribution in [0, 0.1) is 0 Å². The number of morpholine rings is 1. The Labute approximate surface area is 101 Å². The summed E-state index contributed by atoms with van der Waals surface area (Å²) in [5.74, 6) is -0.00588. The molecule has 3 aliphatic rings. The lowest BCUT2D eigenvalue weighted by Crippen LogP contribution is -2.62. The van der Waals surface area contributed by atoms with Crippen molar-refractivity contribution in [1.82, 2.24) is 9.80 Å². The molecule has 1 aliphatic carbocycles. The Kier molecular flexibility index (Phi) is 2.78. The molecule has 2 aliphatic heterocycles. The van der Waals surface area contributed by atoms with Crippen molar-refractivity contribution in [3.05, 3.63) is 0 Å². The maximum atomic E-state index is 12.3. The fourth-order valence-corrected chi connectivity index (χ4v) is 3.14. The van der Waals surface area contributed by atoms with Crippen molar-refractivity contribution in [3.8, 4) is 0 Å². The summed E-state index contributed by atoms with van der Waals surface area (Å²) in [5, 5.41) is 0. The monoisotopic (exact) mass is 238 g/mol. The minimum atomic E-state index is -0.0820. The second kappa shape index (κ2) is 4.29. The third-order valence-electron chi connectivity index (χ3n) is 4.05. The summed E-state index contributed by atoms with van der Waals surface area (Å²) in [6, 6.07) is 0.0432. The zero-order valence-corrected chi connectivity index (χ0v) is 9.93. The average Bonchev–Trinajstić information content (AvgIpc) is 2.83. The molecule has 1 atom stereocenters. The Bertz CT molecular complexity index is 339. The van der Waals surface area contributed by atoms with E-state index in [0.29, 0.717) is 26.2 Å². The second-order valence-electron chi connectivity index (χ2n) is 5.11. The van der Waals surface area contributed by atoms with Gasteiger partial charge in [0.1, 0.15) is 0 Å². The lowest BCUT2D eigenvalue weighted by atomic mass is 10.1. The Balaban J connectivity index is 1.79. The molecule has 3 fully saturated rings. The van der Waals surface area contributed by atoms with E-state index in [1.165, 1.54) is 4.90 Å². The highest BCUT2D eigenvalue weighted by Gasteiger charge is 2.43. The Morgan fingerprint density at radius 1 is 1.12 bits per heavy atom. The standard InChI is InChI=1S/C12H18N2O3/c15-11-7-10-8-17-6-5-13(10)12(16)14(11)9-3-1-2-4-9/h9-10H,1-8H2. The van der Waals surface area contributed by atoms with Gasteiger partial charge in [0, 0.05) is 12.6 Å². The van der Waals surface area contributed by atoms with E-state index < -0.39 is 0 Å². The fraction of sp³-hybridized carbons (Fsp3) is 0.833. The van der Waals surface area contributed by atoms with Gasteiger partial charge >= 0.3 is 6.03 Å². The lowest BCUT2D eigenvalue weighted by Gasteiger charge is -2.44. The van der Waals surface area contributed by atoms with Crippen molar-refractivity contribution in [2.24, 2.45) is 0 Å². The first-order valence-electron chi connectivity index (χ1n) is 6.48. The summed E-state index contributed by atoms with van der Waals surface area (Å²) in [6.07, 6.45) is 4.66. The van der Waals surface area contributed by atoms with E-state index in [4.69, 9.17) is 4.74 Å². The largest absolute Gasteiger partial charge is 0.377 e. The van der Waals surface area contributed by atoms with Gasteiger partial charge in [0.15, 0.2) is 0 Å². The molecule has 3 amide bonds. The van der Waals surface area contributed by atoms with Gasteiger partial charge in [-0.15, -0.1) is 0 Å². The van der Waals surface area contributed by atoms with Crippen molar-refractivity contribution in [3.63, 3.8) is 0 Å². The molecule has 0 aromatic carbocycles. The summed E-state index contributed by atoms with van der Waals surface area (Å²) >= 11 is 0. The van der Waals surface area contributed by atoms with Gasteiger partial charge in [0.05, 0.1) is 25.7 Å². The molecule has 0 radical (unpaired) electrons.